The fraction of sp³-hybridized carbons (Fsp3) is 0.312. The number of hydrogen-bond donors (Lipinski definition) is 3. The first-order chi connectivity index (χ1) is 21.9. The minimum atomic E-state index is -5.47. The Kier molecular flexibility index (Phi) is 7.74. The van der Waals surface area contributed by atoms with Crippen molar-refractivity contribution in [1.29, 1.82) is 0 Å². The number of aliphatic carboxylic acids is 1. The van der Waals surface area contributed by atoms with Crippen LogP contribution in [0.3, 0.4) is 0 Å². The van der Waals surface area contributed by atoms with Gasteiger partial charge in [-0.15, -0.1) is 0 Å². The fourth-order valence-electron chi connectivity index (χ4n) is 7.34. The van der Waals surface area contributed by atoms with Crippen LogP contribution in [0, 0.1) is 10.8 Å². The van der Waals surface area contributed by atoms with E-state index in [0.29, 0.717) is 49.9 Å². The van der Waals surface area contributed by atoms with Gasteiger partial charge in [-0.3, -0.25) is 14.3 Å². The molecule has 3 aromatic rings. The van der Waals surface area contributed by atoms with Gasteiger partial charge in [-0.05, 0) is 80.1 Å². The topological polar surface area (TPSA) is 113 Å². The second-order valence-corrected chi connectivity index (χ2v) is 14.8. The van der Waals surface area contributed by atoms with E-state index in [1.54, 1.807) is 6.07 Å². The Balaban J connectivity index is 1.27. The lowest BCUT2D eigenvalue weighted by molar-refractivity contribution is -0.163. The first kappa shape index (κ1) is 32.9. The summed E-state index contributed by atoms with van der Waals surface area (Å²) in [6.45, 7) is 0. The van der Waals surface area contributed by atoms with Crippen LogP contribution in [0.1, 0.15) is 48.8 Å². The highest BCUT2D eigenvalue weighted by Crippen LogP contribution is 2.84. The molecule has 3 unspecified atom stereocenters. The molecule has 3 N–H and O–H groups in total. The number of halogens is 6. The van der Waals surface area contributed by atoms with Gasteiger partial charge in [-0.1, -0.05) is 42.1 Å². The third kappa shape index (κ3) is 5.56. The molecule has 3 aliphatic carbocycles. The van der Waals surface area contributed by atoms with E-state index in [9.17, 15) is 49.5 Å². The van der Waals surface area contributed by atoms with Gasteiger partial charge >= 0.3 is 18.3 Å². The zero-order valence-corrected chi connectivity index (χ0v) is 25.8. The molecule has 0 aliphatic heterocycles. The summed E-state index contributed by atoms with van der Waals surface area (Å²) < 4.78 is 114. The fourth-order valence-corrected chi connectivity index (χ4v) is 9.45. The zero-order valence-electron chi connectivity index (χ0n) is 24.2. The number of carboxylic acid groups (broad SMARTS) is 1. The largest absolute Gasteiger partial charge is 0.481 e. The van der Waals surface area contributed by atoms with Gasteiger partial charge in [0.15, 0.2) is 0 Å². The van der Waals surface area contributed by atoms with Gasteiger partial charge < -0.3 is 10.4 Å². The van der Waals surface area contributed by atoms with Crippen LogP contribution in [0.5, 0.6) is 0 Å². The molecule has 3 atom stereocenters. The molecule has 3 saturated carbocycles. The quantitative estimate of drug-likeness (QED) is 0.157. The molecule has 3 fully saturated rings. The number of anilines is 1. The maximum atomic E-state index is 14.4. The minimum Gasteiger partial charge on any atom is -0.481 e. The van der Waals surface area contributed by atoms with Gasteiger partial charge in [0, 0.05) is 32.5 Å². The second kappa shape index (κ2) is 11.0. The predicted molar refractivity (Wildman–Crippen MR) is 160 cm³/mol. The number of carboxylic acids is 1. The Hall–Kier alpha value is -3.98. The zero-order chi connectivity index (χ0) is 34.0. The number of alkyl halides is 6. The minimum absolute atomic E-state index is 0.0179. The third-order valence-corrected chi connectivity index (χ3v) is 12.0. The molecule has 0 aromatic heterocycles. The lowest BCUT2D eigenvalue weighted by atomic mass is 9.57. The third-order valence-electron chi connectivity index (χ3n) is 9.59. The number of carbonyl (C=O) groups excluding carboxylic acids is 1. The summed E-state index contributed by atoms with van der Waals surface area (Å²) in [4.78, 5) is 23.9. The van der Waals surface area contributed by atoms with Crippen LogP contribution in [0.2, 0.25) is 0 Å². The van der Waals surface area contributed by atoms with Crippen LogP contribution in [0.15, 0.2) is 87.5 Å². The maximum Gasteiger partial charge on any atom is 0.418 e. The summed E-state index contributed by atoms with van der Waals surface area (Å²) in [5.41, 5.74) is -7.17. The van der Waals surface area contributed by atoms with E-state index in [1.807, 2.05) is 0 Å². The van der Waals surface area contributed by atoms with E-state index in [-0.39, 0.29) is 15.5 Å². The van der Waals surface area contributed by atoms with Gasteiger partial charge in [-0.25, -0.2) is 8.42 Å². The Morgan fingerprint density at radius 2 is 1.53 bits per heavy atom. The van der Waals surface area contributed by atoms with Crippen molar-refractivity contribution in [2.75, 3.05) is 4.72 Å². The van der Waals surface area contributed by atoms with Crippen molar-refractivity contribution in [2.45, 2.75) is 64.7 Å². The number of benzene rings is 3. The Morgan fingerprint density at radius 3 is 2.13 bits per heavy atom. The molecule has 248 valence electrons. The van der Waals surface area contributed by atoms with Gasteiger partial charge in [0.2, 0.25) is 5.91 Å². The van der Waals surface area contributed by atoms with E-state index in [0.717, 1.165) is 18.2 Å². The molecule has 3 aliphatic rings. The van der Waals surface area contributed by atoms with E-state index >= 15 is 0 Å². The molecule has 7 nitrogen and oxygen atoms in total. The molecule has 3 aromatic carbocycles. The summed E-state index contributed by atoms with van der Waals surface area (Å²) >= 11 is 0.369. The van der Waals surface area contributed by atoms with Crippen molar-refractivity contribution in [1.82, 2.24) is 5.32 Å². The van der Waals surface area contributed by atoms with Crippen molar-refractivity contribution in [3.8, 4) is 0 Å². The van der Waals surface area contributed by atoms with Gasteiger partial charge in [-0.2, -0.15) is 26.3 Å². The van der Waals surface area contributed by atoms with Crippen LogP contribution in [0.4, 0.5) is 32.0 Å². The molecule has 6 rings (SSSR count). The van der Waals surface area contributed by atoms with Crippen molar-refractivity contribution in [2.24, 2.45) is 10.8 Å². The normalized spacial score (nSPS) is 25.1. The van der Waals surface area contributed by atoms with Crippen molar-refractivity contribution in [3.05, 3.63) is 89.5 Å². The summed E-state index contributed by atoms with van der Waals surface area (Å²) in [6, 6.07) is 14.2. The number of sulfonamides is 1. The lowest BCUT2D eigenvalue weighted by Gasteiger charge is -2.45. The van der Waals surface area contributed by atoms with E-state index in [4.69, 9.17) is 0 Å². The molecule has 1 amide bonds. The van der Waals surface area contributed by atoms with Crippen LogP contribution < -0.4 is 10.0 Å². The Morgan fingerprint density at radius 1 is 0.851 bits per heavy atom. The molecule has 47 heavy (non-hydrogen) atoms. The van der Waals surface area contributed by atoms with Gasteiger partial charge in [0.05, 0.1) is 21.4 Å². The highest BCUT2D eigenvalue weighted by atomic mass is 32.2. The van der Waals surface area contributed by atoms with Gasteiger partial charge in [0.25, 0.3) is 10.0 Å². The monoisotopic (exact) mass is 696 g/mol. The molecule has 15 heteroatoms. The lowest BCUT2D eigenvalue weighted by Crippen LogP contribution is -2.50. The standard InChI is InChI=1S/C32H26F6N2O5S2/c33-31(34,35)25-19(10-12-24(41)39-30-16-14-28(27(42)43)13-15-29(28,30)18-30)9-11-23(26(25)32(36,37)38)46-21-6-4-5-20(17-21)40-47(44,45)22-7-2-1-3-8-22/h1-12,17,40H,13-16,18H2,(H,39,41)(H,42,43)/b12-10+. The maximum absolute atomic E-state index is 14.4. The van der Waals surface area contributed by atoms with E-state index in [1.165, 1.54) is 48.5 Å². The van der Waals surface area contributed by atoms with Crippen molar-refractivity contribution < 1.29 is 49.5 Å². The first-order valence-corrected chi connectivity index (χ1v) is 16.6. The van der Waals surface area contributed by atoms with Crippen LogP contribution in [-0.2, 0) is 32.0 Å². The summed E-state index contributed by atoms with van der Waals surface area (Å²) in [6.07, 6.45) is -7.26. The molecular weight excluding hydrogens is 670 g/mol. The second-order valence-electron chi connectivity index (χ2n) is 12.0. The van der Waals surface area contributed by atoms with E-state index < -0.39 is 72.2 Å². The Labute approximate surface area is 269 Å². The summed E-state index contributed by atoms with van der Waals surface area (Å²) in [5.74, 6) is -1.77. The van der Waals surface area contributed by atoms with Crippen LogP contribution in [-0.4, -0.2) is 30.9 Å². The smallest absolute Gasteiger partial charge is 0.418 e. The SMILES string of the molecule is O=C(/C=C/c1ccc(Sc2cccc(NS(=O)(=O)c3ccccc3)c2)c(C(F)(F)F)c1C(F)(F)F)NC12CCC3(C(=O)O)CCC13C2. The molecule has 1 spiro atoms. The molecule has 0 bridgehead atoms. The summed E-state index contributed by atoms with van der Waals surface area (Å²) in [5, 5.41) is 12.5. The Bertz CT molecular complexity index is 1910. The van der Waals surface area contributed by atoms with Gasteiger partial charge in [0.1, 0.15) is 0 Å². The number of carbonyl (C=O) groups is 2. The number of amides is 1. The molecule has 0 heterocycles. The van der Waals surface area contributed by atoms with Crippen molar-refractivity contribution in [3.63, 3.8) is 0 Å². The number of nitrogens with one attached hydrogen (secondary N) is 2. The van der Waals surface area contributed by atoms with Crippen LogP contribution in [0.25, 0.3) is 6.08 Å². The van der Waals surface area contributed by atoms with Crippen molar-refractivity contribution >= 4 is 45.4 Å². The molecule has 0 saturated heterocycles. The molecular formula is C32H26F6N2O5S2. The number of rotatable bonds is 9. The number of hydrogen-bond acceptors (Lipinski definition) is 5. The average molecular weight is 697 g/mol. The predicted octanol–water partition coefficient (Wildman–Crippen LogP) is 7.59. The average Bonchev–Trinajstić information content (AvgIpc) is 3.61. The highest BCUT2D eigenvalue weighted by molar-refractivity contribution is 7.99. The molecule has 0 radical (unpaired) electrons. The first-order valence-electron chi connectivity index (χ1n) is 14.3. The summed E-state index contributed by atoms with van der Waals surface area (Å²) in [7, 11) is -4.05. The highest BCUT2D eigenvalue weighted by Gasteiger charge is 2.86. The van der Waals surface area contributed by atoms with E-state index in [2.05, 4.69) is 10.0 Å². The van der Waals surface area contributed by atoms with Crippen LogP contribution >= 0.6 is 11.8 Å².